The Balaban J connectivity index is 2.01. The minimum Gasteiger partial charge on any atom is -0.508 e. The van der Waals surface area contributed by atoms with Gasteiger partial charge in [-0.1, -0.05) is 35.9 Å². The van der Waals surface area contributed by atoms with Crippen molar-refractivity contribution in [3.05, 3.63) is 93.5 Å². The number of phenolic OH excluding ortho intramolecular Hbond substituents is 1. The largest absolute Gasteiger partial charge is 0.508 e. The zero-order valence-electron chi connectivity index (χ0n) is 18.3. The fourth-order valence-electron chi connectivity index (χ4n) is 4.11. The van der Waals surface area contributed by atoms with Crippen LogP contribution in [0, 0.1) is 13.8 Å². The number of hydrogen-bond donors (Lipinski definition) is 2. The van der Waals surface area contributed by atoms with Gasteiger partial charge in [-0.3, -0.25) is 14.5 Å². The van der Waals surface area contributed by atoms with Crippen molar-refractivity contribution in [2.24, 2.45) is 0 Å². The molecule has 0 spiro atoms. The van der Waals surface area contributed by atoms with Gasteiger partial charge in [-0.05, 0) is 66.9 Å². The van der Waals surface area contributed by atoms with Gasteiger partial charge in [0.1, 0.15) is 17.3 Å². The zero-order chi connectivity index (χ0) is 23.9. The summed E-state index contributed by atoms with van der Waals surface area (Å²) < 4.78 is 5.39. The van der Waals surface area contributed by atoms with E-state index in [1.54, 1.807) is 49.4 Å². The zero-order valence-corrected chi connectivity index (χ0v) is 19.1. The highest BCUT2D eigenvalue weighted by Gasteiger charge is 2.47. The van der Waals surface area contributed by atoms with Gasteiger partial charge in [-0.2, -0.15) is 0 Å². The maximum atomic E-state index is 13.3. The second-order valence-corrected chi connectivity index (χ2v) is 8.33. The van der Waals surface area contributed by atoms with Crippen LogP contribution in [0.15, 0.2) is 66.2 Å². The number of phenols is 1. The summed E-state index contributed by atoms with van der Waals surface area (Å²) in [6.45, 7) is 3.68. The summed E-state index contributed by atoms with van der Waals surface area (Å²) in [6, 6.07) is 15.8. The number of halogens is 1. The fourth-order valence-corrected chi connectivity index (χ4v) is 4.46. The topological polar surface area (TPSA) is 87.1 Å². The number of ether oxygens (including phenoxy) is 1. The molecule has 0 aliphatic carbocycles. The molecule has 1 saturated heterocycles. The third-order valence-corrected chi connectivity index (χ3v) is 5.86. The van der Waals surface area contributed by atoms with Gasteiger partial charge >= 0.3 is 0 Å². The summed E-state index contributed by atoms with van der Waals surface area (Å²) in [4.78, 5) is 27.9. The van der Waals surface area contributed by atoms with Gasteiger partial charge < -0.3 is 14.9 Å². The molecule has 6 nitrogen and oxygen atoms in total. The third kappa shape index (κ3) is 3.94. The van der Waals surface area contributed by atoms with Crippen LogP contribution in [0.1, 0.15) is 28.3 Å². The first-order valence-electron chi connectivity index (χ1n) is 10.2. The van der Waals surface area contributed by atoms with Crippen molar-refractivity contribution in [2.45, 2.75) is 19.9 Å². The van der Waals surface area contributed by atoms with E-state index >= 15 is 0 Å². The molecule has 3 aromatic carbocycles. The van der Waals surface area contributed by atoms with E-state index in [4.69, 9.17) is 16.3 Å². The van der Waals surface area contributed by atoms with Crippen molar-refractivity contribution in [1.29, 1.82) is 0 Å². The van der Waals surface area contributed by atoms with Crippen LogP contribution >= 0.6 is 11.6 Å². The number of carbonyl (C=O) groups is 2. The number of benzene rings is 3. The number of Topliss-reactive ketones (excluding diaryl/α,β-unsaturated/α-hetero) is 1. The number of rotatable bonds is 4. The van der Waals surface area contributed by atoms with Crippen LogP contribution in [0.3, 0.4) is 0 Å². The standard InChI is InChI=1S/C26H22ClNO5/c1-14-5-4-6-17(11-14)28-22(16-7-9-18(29)10-8-16)21(24(31)26(28)32)23(30)19-12-15(2)13-20(27)25(19)33-3/h4-13,22,29-30H,1-3H3/b23-21+. The van der Waals surface area contributed by atoms with Gasteiger partial charge in [0.05, 0.1) is 29.3 Å². The Kier molecular flexibility index (Phi) is 5.87. The Hall–Kier alpha value is -3.77. The normalized spacial score (nSPS) is 17.5. The van der Waals surface area contributed by atoms with Crippen molar-refractivity contribution in [3.8, 4) is 11.5 Å². The lowest BCUT2D eigenvalue weighted by molar-refractivity contribution is -0.132. The minimum atomic E-state index is -0.920. The molecule has 1 aliphatic heterocycles. The highest BCUT2D eigenvalue weighted by molar-refractivity contribution is 6.51. The van der Waals surface area contributed by atoms with Gasteiger partial charge in [-0.25, -0.2) is 0 Å². The number of aryl methyl sites for hydroxylation is 2. The Bertz CT molecular complexity index is 1300. The van der Waals surface area contributed by atoms with Gasteiger partial charge in [0.25, 0.3) is 11.7 Å². The van der Waals surface area contributed by atoms with Crippen LogP contribution in [0.25, 0.3) is 5.76 Å². The number of hydrogen-bond acceptors (Lipinski definition) is 5. The first-order valence-corrected chi connectivity index (χ1v) is 10.6. The van der Waals surface area contributed by atoms with Gasteiger partial charge in [0.2, 0.25) is 0 Å². The van der Waals surface area contributed by atoms with Crippen molar-refractivity contribution >= 4 is 34.7 Å². The molecule has 0 bridgehead atoms. The van der Waals surface area contributed by atoms with Crippen molar-refractivity contribution in [1.82, 2.24) is 0 Å². The number of aliphatic hydroxyl groups excluding tert-OH is 1. The highest BCUT2D eigenvalue weighted by Crippen LogP contribution is 2.44. The van der Waals surface area contributed by atoms with E-state index in [1.807, 2.05) is 13.0 Å². The number of methoxy groups -OCH3 is 1. The number of amides is 1. The monoisotopic (exact) mass is 463 g/mol. The molecule has 1 fully saturated rings. The Morgan fingerprint density at radius 2 is 1.70 bits per heavy atom. The maximum absolute atomic E-state index is 13.3. The summed E-state index contributed by atoms with van der Waals surface area (Å²) in [5.41, 5.74) is 2.85. The number of aliphatic hydroxyl groups is 1. The first kappa shape index (κ1) is 22.4. The molecule has 7 heteroatoms. The van der Waals surface area contributed by atoms with E-state index in [2.05, 4.69) is 0 Å². The van der Waals surface area contributed by atoms with Crippen molar-refractivity contribution in [3.63, 3.8) is 0 Å². The number of ketones is 1. The number of anilines is 1. The molecule has 2 N–H and O–H groups in total. The molecule has 168 valence electrons. The van der Waals surface area contributed by atoms with Gasteiger partial charge in [0, 0.05) is 5.69 Å². The quantitative estimate of drug-likeness (QED) is 0.311. The minimum absolute atomic E-state index is 0.0402. The summed E-state index contributed by atoms with van der Waals surface area (Å²) in [7, 11) is 1.41. The Morgan fingerprint density at radius 3 is 2.33 bits per heavy atom. The Morgan fingerprint density at radius 1 is 1.00 bits per heavy atom. The van der Waals surface area contributed by atoms with Crippen LogP contribution in [0.2, 0.25) is 5.02 Å². The molecule has 1 atom stereocenters. The SMILES string of the molecule is COc1c(Cl)cc(C)cc1/C(O)=C1\C(=O)C(=O)N(c2cccc(C)c2)C1c1ccc(O)cc1. The molecule has 0 saturated carbocycles. The third-order valence-electron chi connectivity index (χ3n) is 5.58. The molecule has 1 amide bonds. The van der Waals surface area contributed by atoms with Crippen molar-refractivity contribution in [2.75, 3.05) is 12.0 Å². The molecule has 1 unspecified atom stereocenters. The predicted molar refractivity (Wildman–Crippen MR) is 127 cm³/mol. The summed E-state index contributed by atoms with van der Waals surface area (Å²) in [5, 5.41) is 21.4. The molecular weight excluding hydrogens is 442 g/mol. The molecule has 1 aliphatic rings. The van der Waals surface area contributed by atoms with Crippen LogP contribution in [-0.2, 0) is 9.59 Å². The lowest BCUT2D eigenvalue weighted by Gasteiger charge is -2.26. The Labute approximate surface area is 196 Å². The fraction of sp³-hybridized carbons (Fsp3) is 0.154. The average molecular weight is 464 g/mol. The van der Waals surface area contributed by atoms with Gasteiger partial charge in [0.15, 0.2) is 0 Å². The smallest absolute Gasteiger partial charge is 0.300 e. The molecule has 33 heavy (non-hydrogen) atoms. The lowest BCUT2D eigenvalue weighted by Crippen LogP contribution is -2.29. The average Bonchev–Trinajstić information content (AvgIpc) is 3.04. The van der Waals surface area contributed by atoms with E-state index < -0.39 is 17.7 Å². The van der Waals surface area contributed by atoms with Crippen LogP contribution < -0.4 is 9.64 Å². The predicted octanol–water partition coefficient (Wildman–Crippen LogP) is 5.30. The van der Waals surface area contributed by atoms with Crippen LogP contribution in [0.4, 0.5) is 5.69 Å². The number of aromatic hydroxyl groups is 1. The maximum Gasteiger partial charge on any atom is 0.300 e. The number of nitrogens with zero attached hydrogens (tertiary/aromatic N) is 1. The second-order valence-electron chi connectivity index (χ2n) is 7.93. The first-order chi connectivity index (χ1) is 15.7. The summed E-state index contributed by atoms with van der Waals surface area (Å²) in [5.74, 6) is -1.74. The van der Waals surface area contributed by atoms with E-state index in [1.165, 1.54) is 24.1 Å². The molecule has 0 radical (unpaired) electrons. The molecule has 0 aromatic heterocycles. The molecular formula is C26H22ClNO5. The number of carbonyl (C=O) groups excluding carboxylic acids is 2. The van der Waals surface area contributed by atoms with E-state index in [0.29, 0.717) is 11.3 Å². The molecule has 3 aromatic rings. The highest BCUT2D eigenvalue weighted by atomic mass is 35.5. The molecule has 4 rings (SSSR count). The van der Waals surface area contributed by atoms with E-state index in [0.717, 1.165) is 11.1 Å². The van der Waals surface area contributed by atoms with E-state index in [9.17, 15) is 19.8 Å². The summed E-state index contributed by atoms with van der Waals surface area (Å²) in [6.07, 6.45) is 0. The van der Waals surface area contributed by atoms with Gasteiger partial charge in [-0.15, -0.1) is 0 Å². The lowest BCUT2D eigenvalue weighted by atomic mass is 9.94. The van der Waals surface area contributed by atoms with Crippen LogP contribution in [-0.4, -0.2) is 29.0 Å². The van der Waals surface area contributed by atoms with Crippen molar-refractivity contribution < 1.29 is 24.5 Å². The van der Waals surface area contributed by atoms with Crippen LogP contribution in [0.5, 0.6) is 11.5 Å². The molecule has 1 heterocycles. The summed E-state index contributed by atoms with van der Waals surface area (Å²) >= 11 is 6.31. The van der Waals surface area contributed by atoms with E-state index in [-0.39, 0.29) is 33.4 Å². The second kappa shape index (κ2) is 8.64.